The molecule has 0 aliphatic carbocycles. The Kier molecular flexibility index (Phi) is 4.26. The van der Waals surface area contributed by atoms with Gasteiger partial charge in [0, 0.05) is 37.6 Å². The zero-order chi connectivity index (χ0) is 17.3. The number of aromatic nitrogens is 1. The number of H-pyrrole nitrogens is 1. The molecule has 2 rings (SSSR count). The minimum absolute atomic E-state index is 0.0245. The molecule has 1 heterocycles. The number of carbonyl (C=O) groups is 3. The van der Waals surface area contributed by atoms with Crippen molar-refractivity contribution in [2.45, 2.75) is 6.92 Å². The number of amides is 3. The Morgan fingerprint density at radius 1 is 1.22 bits per heavy atom. The van der Waals surface area contributed by atoms with Crippen LogP contribution in [0.5, 0.6) is 0 Å². The fourth-order valence-electron chi connectivity index (χ4n) is 2.24. The maximum Gasteiger partial charge on any atom is 0.253 e. The second-order valence-electron chi connectivity index (χ2n) is 5.34. The largest absolute Gasteiger partial charge is 0.385 e. The average molecular weight is 317 g/mol. The van der Waals surface area contributed by atoms with Crippen LogP contribution in [0.3, 0.4) is 0 Å². The summed E-state index contributed by atoms with van der Waals surface area (Å²) in [6.45, 7) is 1.37. The first-order chi connectivity index (χ1) is 10.7. The third-order valence-corrected chi connectivity index (χ3v) is 3.73. The molecule has 8 heteroatoms. The minimum Gasteiger partial charge on any atom is -0.385 e. The molecule has 0 atom stereocenters. The van der Waals surface area contributed by atoms with E-state index in [-0.39, 0.29) is 29.7 Å². The molecule has 0 radical (unpaired) electrons. The highest BCUT2D eigenvalue weighted by Gasteiger charge is 2.18. The molecule has 0 aliphatic rings. The van der Waals surface area contributed by atoms with Crippen LogP contribution in [0.1, 0.15) is 17.3 Å². The van der Waals surface area contributed by atoms with E-state index in [9.17, 15) is 14.4 Å². The number of benzene rings is 1. The summed E-state index contributed by atoms with van der Waals surface area (Å²) in [5.74, 6) is -0.855. The number of hydrogen-bond donors (Lipinski definition) is 3. The van der Waals surface area contributed by atoms with E-state index < -0.39 is 5.91 Å². The number of likely N-dealkylation sites (N-methyl/N-ethyl adjacent to an activating group) is 2. The number of hydrogen-bond acceptors (Lipinski definition) is 4. The summed E-state index contributed by atoms with van der Waals surface area (Å²) in [6, 6.07) is 5.06. The number of nitrogens with one attached hydrogen (secondary N) is 1. The van der Waals surface area contributed by atoms with Gasteiger partial charge in [0.25, 0.3) is 5.91 Å². The quantitative estimate of drug-likeness (QED) is 0.749. The first kappa shape index (κ1) is 16.3. The first-order valence-corrected chi connectivity index (χ1v) is 6.91. The van der Waals surface area contributed by atoms with Crippen molar-refractivity contribution < 1.29 is 14.4 Å². The third kappa shape index (κ3) is 3.10. The van der Waals surface area contributed by atoms with Crippen LogP contribution in [0.4, 0.5) is 11.5 Å². The predicted octanol–water partition coefficient (Wildman–Crippen LogP) is 0.290. The van der Waals surface area contributed by atoms with E-state index in [0.717, 1.165) is 0 Å². The Morgan fingerprint density at radius 2 is 1.87 bits per heavy atom. The van der Waals surface area contributed by atoms with Gasteiger partial charge in [-0.15, -0.1) is 0 Å². The van der Waals surface area contributed by atoms with Crippen molar-refractivity contribution >= 4 is 40.1 Å². The molecule has 0 unspecified atom stereocenters. The lowest BCUT2D eigenvalue weighted by Crippen LogP contribution is -2.38. The van der Waals surface area contributed by atoms with Gasteiger partial charge < -0.3 is 26.3 Å². The number of rotatable bonds is 4. The summed E-state index contributed by atoms with van der Waals surface area (Å²) in [5.41, 5.74) is 12.5. The van der Waals surface area contributed by atoms with Gasteiger partial charge in [-0.2, -0.15) is 0 Å². The molecule has 3 amide bonds. The van der Waals surface area contributed by atoms with Gasteiger partial charge in [-0.25, -0.2) is 0 Å². The molecule has 2 aromatic rings. The summed E-state index contributed by atoms with van der Waals surface area (Å²) in [5, 5.41) is 0.598. The number of aromatic amines is 1. The highest BCUT2D eigenvalue weighted by atomic mass is 16.2. The molecule has 122 valence electrons. The Hall–Kier alpha value is -3.03. The van der Waals surface area contributed by atoms with Crippen LogP contribution in [0.25, 0.3) is 10.9 Å². The molecule has 0 bridgehead atoms. The predicted molar refractivity (Wildman–Crippen MR) is 88.0 cm³/mol. The van der Waals surface area contributed by atoms with E-state index in [4.69, 9.17) is 11.5 Å². The molecule has 0 aliphatic heterocycles. The van der Waals surface area contributed by atoms with Gasteiger partial charge in [0.2, 0.25) is 11.8 Å². The normalized spacial score (nSPS) is 10.6. The number of nitrogens with two attached hydrogens (primary N) is 2. The minimum atomic E-state index is -0.617. The fraction of sp³-hybridized carbons (Fsp3) is 0.267. The van der Waals surface area contributed by atoms with Crippen LogP contribution in [-0.2, 0) is 9.59 Å². The smallest absolute Gasteiger partial charge is 0.253 e. The average Bonchev–Trinajstić information content (AvgIpc) is 2.80. The van der Waals surface area contributed by atoms with Crippen molar-refractivity contribution in [2.24, 2.45) is 5.73 Å². The summed E-state index contributed by atoms with van der Waals surface area (Å²) >= 11 is 0. The maximum absolute atomic E-state index is 12.2. The highest BCUT2D eigenvalue weighted by Crippen LogP contribution is 2.27. The van der Waals surface area contributed by atoms with E-state index in [0.29, 0.717) is 16.6 Å². The van der Waals surface area contributed by atoms with Crippen molar-refractivity contribution in [1.82, 2.24) is 9.88 Å². The Balaban J connectivity index is 2.32. The molecule has 0 spiro atoms. The molecule has 1 aromatic heterocycles. The van der Waals surface area contributed by atoms with Crippen LogP contribution in [-0.4, -0.2) is 48.2 Å². The van der Waals surface area contributed by atoms with E-state index in [1.807, 2.05) is 0 Å². The zero-order valence-electron chi connectivity index (χ0n) is 13.2. The van der Waals surface area contributed by atoms with Crippen LogP contribution in [0.15, 0.2) is 18.2 Å². The van der Waals surface area contributed by atoms with Gasteiger partial charge in [0.05, 0.1) is 12.1 Å². The lowest BCUT2D eigenvalue weighted by molar-refractivity contribution is -0.132. The molecular weight excluding hydrogens is 298 g/mol. The fourth-order valence-corrected chi connectivity index (χ4v) is 2.24. The van der Waals surface area contributed by atoms with Crippen molar-refractivity contribution in [3.05, 3.63) is 23.8 Å². The number of fused-ring (bicyclic) bond motifs is 1. The maximum atomic E-state index is 12.2. The molecule has 0 saturated carbocycles. The van der Waals surface area contributed by atoms with Gasteiger partial charge >= 0.3 is 0 Å². The second-order valence-corrected chi connectivity index (χ2v) is 5.34. The second kappa shape index (κ2) is 5.99. The summed E-state index contributed by atoms with van der Waals surface area (Å²) in [4.78, 5) is 40.5. The van der Waals surface area contributed by atoms with E-state index in [2.05, 4.69) is 4.98 Å². The van der Waals surface area contributed by atoms with Gasteiger partial charge in [-0.1, -0.05) is 0 Å². The third-order valence-electron chi connectivity index (χ3n) is 3.73. The van der Waals surface area contributed by atoms with E-state index in [1.54, 1.807) is 32.3 Å². The van der Waals surface area contributed by atoms with E-state index in [1.165, 1.54) is 16.7 Å². The topological polar surface area (TPSA) is 126 Å². The highest BCUT2D eigenvalue weighted by molar-refractivity contribution is 6.11. The molecule has 0 fully saturated rings. The molecule has 8 nitrogen and oxygen atoms in total. The van der Waals surface area contributed by atoms with Gasteiger partial charge in [0.1, 0.15) is 5.82 Å². The molecule has 1 aromatic carbocycles. The molecule has 23 heavy (non-hydrogen) atoms. The standard InChI is InChI=1S/C15H19N5O3/c1-8(21)19(2)7-12(22)20(3)9-4-5-10-11(6-9)18-14(16)13(10)15(17)23/h4-6,18H,7,16H2,1-3H3,(H2,17,23). The number of anilines is 2. The van der Waals surface area contributed by atoms with Crippen LogP contribution < -0.4 is 16.4 Å². The summed E-state index contributed by atoms with van der Waals surface area (Å²) in [6.07, 6.45) is 0. The lowest BCUT2D eigenvalue weighted by Gasteiger charge is -2.21. The van der Waals surface area contributed by atoms with Crippen molar-refractivity contribution in [3.8, 4) is 0 Å². The number of carbonyl (C=O) groups excluding carboxylic acids is 3. The van der Waals surface area contributed by atoms with Crippen LogP contribution >= 0.6 is 0 Å². The molecule has 0 saturated heterocycles. The van der Waals surface area contributed by atoms with Gasteiger partial charge in [-0.05, 0) is 18.2 Å². The Bertz CT molecular complexity index is 796. The number of nitrogens with zero attached hydrogens (tertiary/aromatic N) is 2. The monoisotopic (exact) mass is 317 g/mol. The number of nitrogen functional groups attached to an aromatic ring is 1. The zero-order valence-corrected chi connectivity index (χ0v) is 13.2. The van der Waals surface area contributed by atoms with Gasteiger partial charge in [0.15, 0.2) is 0 Å². The number of primary amides is 1. The Morgan fingerprint density at radius 3 is 2.43 bits per heavy atom. The first-order valence-electron chi connectivity index (χ1n) is 6.91. The van der Waals surface area contributed by atoms with Crippen molar-refractivity contribution in [2.75, 3.05) is 31.3 Å². The lowest BCUT2D eigenvalue weighted by atomic mass is 10.1. The summed E-state index contributed by atoms with van der Waals surface area (Å²) in [7, 11) is 3.17. The van der Waals surface area contributed by atoms with Crippen LogP contribution in [0, 0.1) is 0 Å². The van der Waals surface area contributed by atoms with Crippen molar-refractivity contribution in [3.63, 3.8) is 0 Å². The van der Waals surface area contributed by atoms with Gasteiger partial charge in [-0.3, -0.25) is 14.4 Å². The SMILES string of the molecule is CC(=O)N(C)CC(=O)N(C)c1ccc2c(C(N)=O)c(N)[nH]c2c1. The molecule has 5 N–H and O–H groups in total. The summed E-state index contributed by atoms with van der Waals surface area (Å²) < 4.78 is 0. The Labute approximate surface area is 133 Å². The van der Waals surface area contributed by atoms with Crippen LogP contribution in [0.2, 0.25) is 0 Å². The molecular formula is C15H19N5O3. The van der Waals surface area contributed by atoms with E-state index >= 15 is 0 Å². The van der Waals surface area contributed by atoms with Crippen molar-refractivity contribution in [1.29, 1.82) is 0 Å².